The summed E-state index contributed by atoms with van der Waals surface area (Å²) in [6.07, 6.45) is 0.218. The van der Waals surface area contributed by atoms with Crippen LogP contribution in [-0.2, 0) is 27.6 Å². The van der Waals surface area contributed by atoms with E-state index >= 15 is 0 Å². The number of benzene rings is 2. The van der Waals surface area contributed by atoms with Gasteiger partial charge in [0.1, 0.15) is 0 Å². The molecule has 31 heavy (non-hydrogen) atoms. The molecule has 0 aromatic heterocycles. The highest BCUT2D eigenvalue weighted by atomic mass is 32.2. The lowest BCUT2D eigenvalue weighted by atomic mass is 10.1. The van der Waals surface area contributed by atoms with Gasteiger partial charge in [-0.3, -0.25) is 4.79 Å². The van der Waals surface area contributed by atoms with E-state index in [2.05, 4.69) is 4.99 Å². The average Bonchev–Trinajstić information content (AvgIpc) is 3.37. The summed E-state index contributed by atoms with van der Waals surface area (Å²) in [5.41, 5.74) is 3.00. The van der Waals surface area contributed by atoms with Crippen molar-refractivity contribution in [2.45, 2.75) is 31.2 Å². The van der Waals surface area contributed by atoms with E-state index < -0.39 is 9.84 Å². The number of nitrogens with zero attached hydrogens (tertiary/aromatic N) is 2. The first-order valence-electron chi connectivity index (χ1n) is 10.1. The van der Waals surface area contributed by atoms with Crippen LogP contribution in [0.2, 0.25) is 0 Å². The molecule has 0 N–H and O–H groups in total. The molecule has 3 heterocycles. The summed E-state index contributed by atoms with van der Waals surface area (Å²) in [6, 6.07) is 13.3. The maximum absolute atomic E-state index is 12.7. The fourth-order valence-corrected chi connectivity index (χ4v) is 8.05. The molecule has 0 bridgehead atoms. The maximum Gasteiger partial charge on any atom is 0.252 e. The molecular formula is C22H22N2O5S2. The fourth-order valence-electron chi connectivity index (χ4n) is 4.08. The van der Waals surface area contributed by atoms with Crippen LogP contribution in [0.3, 0.4) is 0 Å². The number of thioether (sulfide) groups is 1. The molecule has 162 valence electrons. The predicted molar refractivity (Wildman–Crippen MR) is 119 cm³/mol. The Morgan fingerprint density at radius 2 is 1.84 bits per heavy atom. The summed E-state index contributed by atoms with van der Waals surface area (Å²) in [5, 5.41) is 0.490. The second kappa shape index (κ2) is 7.87. The van der Waals surface area contributed by atoms with Gasteiger partial charge in [-0.2, -0.15) is 4.99 Å². The maximum atomic E-state index is 12.7. The Morgan fingerprint density at radius 3 is 2.65 bits per heavy atom. The highest BCUT2D eigenvalue weighted by Crippen LogP contribution is 2.40. The lowest BCUT2D eigenvalue weighted by Crippen LogP contribution is -2.37. The zero-order chi connectivity index (χ0) is 21.6. The van der Waals surface area contributed by atoms with Gasteiger partial charge in [0.25, 0.3) is 5.91 Å². The molecule has 3 aliphatic rings. The van der Waals surface area contributed by atoms with Crippen molar-refractivity contribution in [2.75, 3.05) is 18.3 Å². The van der Waals surface area contributed by atoms with Crippen molar-refractivity contribution < 1.29 is 22.7 Å². The van der Waals surface area contributed by atoms with E-state index in [1.807, 2.05) is 54.3 Å². The summed E-state index contributed by atoms with van der Waals surface area (Å²) in [5.74, 6) is 1.34. The number of sulfone groups is 1. The molecule has 7 nitrogen and oxygen atoms in total. The largest absolute Gasteiger partial charge is 0.454 e. The van der Waals surface area contributed by atoms with Gasteiger partial charge in [-0.05, 0) is 30.2 Å². The Balaban J connectivity index is 1.39. The van der Waals surface area contributed by atoms with Crippen molar-refractivity contribution in [2.24, 2.45) is 4.99 Å². The first-order chi connectivity index (χ1) is 14.9. The summed E-state index contributed by atoms with van der Waals surface area (Å²) in [4.78, 5) is 19.0. The number of carbonyl (C=O) groups excluding carboxylic acids is 1. The number of amidine groups is 1. The Labute approximate surface area is 185 Å². The zero-order valence-corrected chi connectivity index (χ0v) is 18.6. The van der Waals surface area contributed by atoms with Crippen molar-refractivity contribution in [3.05, 3.63) is 59.2 Å². The molecule has 5 rings (SSSR count). The van der Waals surface area contributed by atoms with Crippen LogP contribution in [-0.4, -0.2) is 54.0 Å². The van der Waals surface area contributed by atoms with Crippen LogP contribution in [0.5, 0.6) is 11.5 Å². The Hall–Kier alpha value is -2.52. The molecule has 3 aliphatic heterocycles. The molecular weight excluding hydrogens is 436 g/mol. The summed E-state index contributed by atoms with van der Waals surface area (Å²) in [7, 11) is -3.09. The van der Waals surface area contributed by atoms with Crippen molar-refractivity contribution in [1.29, 1.82) is 0 Å². The Bertz CT molecular complexity index is 1160. The number of fused-ring (bicyclic) bond motifs is 2. The summed E-state index contributed by atoms with van der Waals surface area (Å²) in [6.45, 7) is 2.65. The minimum absolute atomic E-state index is 0.0837. The highest BCUT2D eigenvalue weighted by molar-refractivity contribution is 8.15. The molecule has 0 aliphatic carbocycles. The van der Waals surface area contributed by atoms with E-state index in [1.54, 1.807) is 0 Å². The molecule has 0 unspecified atom stereocenters. The van der Waals surface area contributed by atoms with E-state index in [1.165, 1.54) is 11.8 Å². The van der Waals surface area contributed by atoms with Gasteiger partial charge in [0.2, 0.25) is 6.79 Å². The molecule has 2 fully saturated rings. The van der Waals surface area contributed by atoms with Crippen LogP contribution in [0, 0.1) is 6.92 Å². The highest BCUT2D eigenvalue weighted by Gasteiger charge is 2.48. The number of ether oxygens (including phenoxy) is 2. The second-order valence-corrected chi connectivity index (χ2v) is 11.4. The van der Waals surface area contributed by atoms with Gasteiger partial charge < -0.3 is 14.4 Å². The van der Waals surface area contributed by atoms with Crippen molar-refractivity contribution >= 4 is 32.7 Å². The third-order valence-corrected chi connectivity index (χ3v) is 8.91. The van der Waals surface area contributed by atoms with E-state index in [0.717, 1.165) is 16.7 Å². The SMILES string of the molecule is Cc1ccc(CC(=O)N=C2S[C@H]3CS(=O)(=O)C[C@@H]3N2Cc2ccc3c(c2)OCO3)cc1. The third kappa shape index (κ3) is 4.29. The van der Waals surface area contributed by atoms with Crippen LogP contribution in [0.15, 0.2) is 47.5 Å². The fraction of sp³-hybridized carbons (Fsp3) is 0.364. The number of hydrogen-bond donors (Lipinski definition) is 0. The number of amides is 1. The van der Waals surface area contributed by atoms with Gasteiger partial charge in [0, 0.05) is 11.8 Å². The van der Waals surface area contributed by atoms with Crippen LogP contribution in [0.25, 0.3) is 0 Å². The van der Waals surface area contributed by atoms with Gasteiger partial charge in [-0.25, -0.2) is 8.42 Å². The van der Waals surface area contributed by atoms with Gasteiger partial charge in [0.15, 0.2) is 26.5 Å². The topological polar surface area (TPSA) is 85.3 Å². The molecule has 2 aromatic carbocycles. The van der Waals surface area contributed by atoms with Gasteiger partial charge >= 0.3 is 0 Å². The van der Waals surface area contributed by atoms with Crippen molar-refractivity contribution in [3.8, 4) is 11.5 Å². The number of rotatable bonds is 4. The predicted octanol–water partition coefficient (Wildman–Crippen LogP) is 2.56. The standard InChI is InChI=1S/C22H22N2O5S2/c1-14-2-4-15(5-3-14)9-21(25)23-22-24(17-11-31(26,27)12-20(17)30-22)10-16-6-7-18-19(8-16)29-13-28-18/h2-8,17,20H,9-13H2,1H3/t17-,20-/m0/s1. The molecule has 0 radical (unpaired) electrons. The van der Waals surface area contributed by atoms with Gasteiger partial charge in [0.05, 0.1) is 24.0 Å². The van der Waals surface area contributed by atoms with Crippen molar-refractivity contribution in [3.63, 3.8) is 0 Å². The smallest absolute Gasteiger partial charge is 0.252 e. The number of aryl methyl sites for hydroxylation is 1. The minimum Gasteiger partial charge on any atom is -0.454 e. The first kappa shape index (κ1) is 20.4. The molecule has 0 spiro atoms. The minimum atomic E-state index is -3.09. The van der Waals surface area contributed by atoms with Crippen LogP contribution in [0.4, 0.5) is 0 Å². The number of hydrogen-bond acceptors (Lipinski definition) is 6. The second-order valence-electron chi connectivity index (χ2n) is 8.07. The molecule has 0 saturated carbocycles. The molecule has 2 aromatic rings. The van der Waals surface area contributed by atoms with Gasteiger partial charge in [-0.15, -0.1) is 0 Å². The third-order valence-electron chi connectivity index (χ3n) is 5.66. The number of aliphatic imine (C=N–C) groups is 1. The number of carbonyl (C=O) groups is 1. The molecule has 1 amide bonds. The lowest BCUT2D eigenvalue weighted by molar-refractivity contribution is -0.117. The zero-order valence-electron chi connectivity index (χ0n) is 17.0. The average molecular weight is 459 g/mol. The summed E-state index contributed by atoms with van der Waals surface area (Å²) >= 11 is 1.40. The molecule has 9 heteroatoms. The normalized spacial score (nSPS) is 24.5. The Kier molecular flexibility index (Phi) is 5.18. The van der Waals surface area contributed by atoms with Crippen molar-refractivity contribution in [1.82, 2.24) is 4.90 Å². The van der Waals surface area contributed by atoms with Crippen LogP contribution >= 0.6 is 11.8 Å². The van der Waals surface area contributed by atoms with E-state index in [4.69, 9.17) is 9.47 Å². The monoisotopic (exact) mass is 458 g/mol. The first-order valence-corrected chi connectivity index (χ1v) is 12.8. The van der Waals surface area contributed by atoms with Crippen LogP contribution in [0.1, 0.15) is 16.7 Å². The van der Waals surface area contributed by atoms with E-state index in [-0.39, 0.29) is 41.9 Å². The summed E-state index contributed by atoms with van der Waals surface area (Å²) < 4.78 is 35.3. The lowest BCUT2D eigenvalue weighted by Gasteiger charge is -2.24. The quantitative estimate of drug-likeness (QED) is 0.696. The Morgan fingerprint density at radius 1 is 1.10 bits per heavy atom. The molecule has 2 saturated heterocycles. The molecule has 2 atom stereocenters. The van der Waals surface area contributed by atoms with E-state index in [0.29, 0.717) is 23.2 Å². The van der Waals surface area contributed by atoms with Crippen LogP contribution < -0.4 is 9.47 Å². The van der Waals surface area contributed by atoms with Gasteiger partial charge in [-0.1, -0.05) is 47.7 Å². The van der Waals surface area contributed by atoms with E-state index in [9.17, 15) is 13.2 Å².